The summed E-state index contributed by atoms with van der Waals surface area (Å²) in [6.07, 6.45) is 7.05. The molecule has 1 amide bonds. The highest BCUT2D eigenvalue weighted by atomic mass is 16.2. The number of ketones is 1. The van der Waals surface area contributed by atoms with Gasteiger partial charge in [0.1, 0.15) is 0 Å². The summed E-state index contributed by atoms with van der Waals surface area (Å²) in [7, 11) is 2.06. The van der Waals surface area contributed by atoms with Crippen LogP contribution in [-0.2, 0) is 23.1 Å². The molecule has 1 heterocycles. The van der Waals surface area contributed by atoms with Crippen LogP contribution in [0.4, 0.5) is 5.69 Å². The highest BCUT2D eigenvalue weighted by Gasteiger charge is 2.41. The van der Waals surface area contributed by atoms with E-state index in [4.69, 9.17) is 0 Å². The van der Waals surface area contributed by atoms with Crippen molar-refractivity contribution in [2.45, 2.75) is 59.8 Å². The van der Waals surface area contributed by atoms with Gasteiger partial charge < -0.3 is 14.8 Å². The van der Waals surface area contributed by atoms with Gasteiger partial charge in [0.25, 0.3) is 0 Å². The topological polar surface area (TPSA) is 80.2 Å². The van der Waals surface area contributed by atoms with Crippen LogP contribution in [0.25, 0.3) is 6.08 Å². The number of aryl methyl sites for hydroxylation is 1. The van der Waals surface area contributed by atoms with Crippen molar-refractivity contribution in [2.24, 2.45) is 5.92 Å². The molecule has 1 N–H and O–H groups in total. The maximum atomic E-state index is 13.9. The molecule has 0 bridgehead atoms. The summed E-state index contributed by atoms with van der Waals surface area (Å²) in [6.45, 7) is 14.4. The number of carbonyl (C=O) groups is 2. The van der Waals surface area contributed by atoms with Gasteiger partial charge in [0.15, 0.2) is 5.78 Å². The second kappa shape index (κ2) is 10.0. The molecule has 0 saturated carbocycles. The van der Waals surface area contributed by atoms with E-state index in [0.717, 1.165) is 51.3 Å². The zero-order valence-electron chi connectivity index (χ0n) is 23.2. The molecule has 1 aromatic carbocycles. The van der Waals surface area contributed by atoms with Crippen molar-refractivity contribution in [2.75, 3.05) is 31.6 Å². The maximum absolute atomic E-state index is 13.9. The first-order valence-electron chi connectivity index (χ1n) is 13.3. The van der Waals surface area contributed by atoms with E-state index in [1.807, 2.05) is 43.9 Å². The summed E-state index contributed by atoms with van der Waals surface area (Å²) in [5.41, 5.74) is 7.63. The van der Waals surface area contributed by atoms with Gasteiger partial charge in [0.05, 0.1) is 11.6 Å². The van der Waals surface area contributed by atoms with E-state index in [1.165, 1.54) is 0 Å². The van der Waals surface area contributed by atoms with E-state index in [-0.39, 0.29) is 17.6 Å². The fourth-order valence-electron chi connectivity index (χ4n) is 5.62. The number of hydrogen-bond acceptors (Lipinski definition) is 4. The lowest BCUT2D eigenvalue weighted by Crippen LogP contribution is -2.40. The summed E-state index contributed by atoms with van der Waals surface area (Å²) in [5, 5.41) is 9.46. The third-order valence-corrected chi connectivity index (χ3v) is 7.86. The van der Waals surface area contributed by atoms with Crippen molar-refractivity contribution in [1.29, 1.82) is 5.26 Å². The molecule has 0 atom stereocenters. The Balaban J connectivity index is 1.75. The number of allylic oxidation sites excluding steroid dienone is 3. The zero-order valence-corrected chi connectivity index (χ0v) is 23.2. The predicted molar refractivity (Wildman–Crippen MR) is 149 cm³/mol. The minimum Gasteiger partial charge on any atom is -0.373 e. The van der Waals surface area contributed by atoms with E-state index in [0.29, 0.717) is 31.6 Å². The molecule has 0 radical (unpaired) electrons. The lowest BCUT2D eigenvalue weighted by Gasteiger charge is -2.35. The van der Waals surface area contributed by atoms with Gasteiger partial charge in [-0.2, -0.15) is 5.26 Å². The number of nitrogens with one attached hydrogen (secondary N) is 1. The standard InChI is InChI=1S/C31H38N4O2/c1-8-21-16-23-24(17-26(21)34(7)13-14-35(9-2)30(37)19(3)4)31(5,6)29-27(28(23)36)22-12-10-11-20(18-32)15-25(22)33-29/h10-11,15-17,19,33H,8-9,12-14H2,1-7H3. The number of benzene rings is 1. The quantitative estimate of drug-likeness (QED) is 0.554. The molecular formula is C31H38N4O2. The van der Waals surface area contributed by atoms with Crippen LogP contribution in [-0.4, -0.2) is 48.3 Å². The molecule has 2 aliphatic carbocycles. The molecule has 0 aliphatic heterocycles. The average molecular weight is 499 g/mol. The van der Waals surface area contributed by atoms with Crippen molar-refractivity contribution >= 4 is 23.5 Å². The Morgan fingerprint density at radius 2 is 1.95 bits per heavy atom. The van der Waals surface area contributed by atoms with Crippen LogP contribution in [0.3, 0.4) is 0 Å². The van der Waals surface area contributed by atoms with Crippen molar-refractivity contribution in [3.63, 3.8) is 0 Å². The molecule has 194 valence electrons. The van der Waals surface area contributed by atoms with Crippen molar-refractivity contribution in [3.05, 3.63) is 69.1 Å². The highest BCUT2D eigenvalue weighted by Crippen LogP contribution is 2.45. The second-order valence-corrected chi connectivity index (χ2v) is 10.9. The summed E-state index contributed by atoms with van der Waals surface area (Å²) >= 11 is 0. The number of aromatic amines is 1. The molecule has 4 rings (SSSR count). The Labute approximate surface area is 220 Å². The number of anilines is 1. The normalized spacial score (nSPS) is 15.3. The van der Waals surface area contributed by atoms with Crippen molar-refractivity contribution in [3.8, 4) is 6.07 Å². The number of likely N-dealkylation sites (N-methyl/N-ethyl adjacent to an activating group) is 2. The van der Waals surface area contributed by atoms with E-state index in [9.17, 15) is 14.9 Å². The Kier molecular flexibility index (Phi) is 7.19. The molecule has 0 spiro atoms. The third kappa shape index (κ3) is 4.52. The van der Waals surface area contributed by atoms with Gasteiger partial charge in [-0.25, -0.2) is 0 Å². The van der Waals surface area contributed by atoms with Gasteiger partial charge in [0, 0.05) is 66.2 Å². The smallest absolute Gasteiger partial charge is 0.225 e. The number of nitriles is 1. The van der Waals surface area contributed by atoms with E-state index >= 15 is 0 Å². The van der Waals surface area contributed by atoms with E-state index in [2.05, 4.69) is 55.9 Å². The number of amides is 1. The molecule has 0 saturated heterocycles. The van der Waals surface area contributed by atoms with E-state index in [1.54, 1.807) is 0 Å². The highest BCUT2D eigenvalue weighted by molar-refractivity contribution is 6.15. The van der Waals surface area contributed by atoms with Gasteiger partial charge in [-0.15, -0.1) is 0 Å². The lowest BCUT2D eigenvalue weighted by atomic mass is 9.70. The van der Waals surface area contributed by atoms with Crippen LogP contribution >= 0.6 is 0 Å². The molecule has 6 heteroatoms. The van der Waals surface area contributed by atoms with Gasteiger partial charge in [-0.3, -0.25) is 9.59 Å². The van der Waals surface area contributed by atoms with Crippen LogP contribution in [0, 0.1) is 17.2 Å². The molecule has 1 aromatic heterocycles. The number of hydrogen-bond donors (Lipinski definition) is 1. The van der Waals surface area contributed by atoms with Gasteiger partial charge >= 0.3 is 0 Å². The predicted octanol–water partition coefficient (Wildman–Crippen LogP) is 5.41. The van der Waals surface area contributed by atoms with Crippen molar-refractivity contribution in [1.82, 2.24) is 9.88 Å². The Hall–Kier alpha value is -3.59. The summed E-state index contributed by atoms with van der Waals surface area (Å²) in [5.74, 6) is 0.200. The zero-order chi connectivity index (χ0) is 27.1. The largest absolute Gasteiger partial charge is 0.373 e. The van der Waals surface area contributed by atoms with Crippen LogP contribution in [0.5, 0.6) is 0 Å². The van der Waals surface area contributed by atoms with Gasteiger partial charge in [0.2, 0.25) is 5.91 Å². The third-order valence-electron chi connectivity index (χ3n) is 7.86. The lowest BCUT2D eigenvalue weighted by molar-refractivity contribution is -0.134. The maximum Gasteiger partial charge on any atom is 0.225 e. The first-order chi connectivity index (χ1) is 17.5. The Morgan fingerprint density at radius 1 is 1.22 bits per heavy atom. The minimum atomic E-state index is -0.417. The summed E-state index contributed by atoms with van der Waals surface area (Å²) < 4.78 is 0. The van der Waals surface area contributed by atoms with Crippen molar-refractivity contribution < 1.29 is 9.59 Å². The molecule has 0 fully saturated rings. The fraction of sp³-hybridized carbons (Fsp3) is 0.452. The first kappa shape index (κ1) is 26.5. The van der Waals surface area contributed by atoms with Crippen LogP contribution in [0.1, 0.15) is 85.5 Å². The second-order valence-electron chi connectivity index (χ2n) is 10.9. The Morgan fingerprint density at radius 3 is 2.57 bits per heavy atom. The fourth-order valence-corrected chi connectivity index (χ4v) is 5.62. The first-order valence-corrected chi connectivity index (χ1v) is 13.3. The molecule has 2 aliphatic rings. The molecule has 6 nitrogen and oxygen atoms in total. The molecule has 37 heavy (non-hydrogen) atoms. The number of nitrogens with zero attached hydrogens (tertiary/aromatic N) is 3. The van der Waals surface area contributed by atoms with Crippen LogP contribution < -0.4 is 4.90 Å². The molecule has 0 unspecified atom stereocenters. The number of carbonyl (C=O) groups excluding carboxylic acids is 2. The molecule has 2 aromatic rings. The Bertz CT molecular complexity index is 1350. The van der Waals surface area contributed by atoms with Crippen LogP contribution in [0.15, 0.2) is 29.9 Å². The van der Waals surface area contributed by atoms with Gasteiger partial charge in [-0.05, 0) is 60.7 Å². The minimum absolute atomic E-state index is 0.0216. The van der Waals surface area contributed by atoms with E-state index < -0.39 is 5.41 Å². The van der Waals surface area contributed by atoms with Gasteiger partial charge in [-0.1, -0.05) is 40.7 Å². The molecular weight excluding hydrogens is 460 g/mol. The van der Waals surface area contributed by atoms with Crippen LogP contribution in [0.2, 0.25) is 0 Å². The summed E-state index contributed by atoms with van der Waals surface area (Å²) in [4.78, 5) is 34.2. The average Bonchev–Trinajstić information content (AvgIpc) is 3.12. The number of fused-ring (bicyclic) bond motifs is 4. The monoisotopic (exact) mass is 498 g/mol. The number of rotatable bonds is 7. The summed E-state index contributed by atoms with van der Waals surface area (Å²) in [6, 6.07) is 6.48. The number of aromatic nitrogens is 1. The SMILES string of the molecule is CCc1cc2c(cc1N(C)CCN(CC)C(=O)C(C)C)C(C)(C)c1[nH]c3c(c1C2=O)CC=CC(C#N)=C3. The number of H-pyrrole nitrogens is 1.